The van der Waals surface area contributed by atoms with Gasteiger partial charge in [-0.1, -0.05) is 23.7 Å². The van der Waals surface area contributed by atoms with Gasteiger partial charge >= 0.3 is 0 Å². The van der Waals surface area contributed by atoms with Crippen molar-refractivity contribution < 1.29 is 17.9 Å². The van der Waals surface area contributed by atoms with Gasteiger partial charge < -0.3 is 5.11 Å². The van der Waals surface area contributed by atoms with Crippen molar-refractivity contribution in [2.24, 2.45) is 0 Å². The highest BCUT2D eigenvalue weighted by Crippen LogP contribution is 2.26. The van der Waals surface area contributed by atoms with Crippen molar-refractivity contribution in [1.29, 1.82) is 0 Å². The van der Waals surface area contributed by atoms with E-state index >= 15 is 0 Å². The average Bonchev–Trinajstić information content (AvgIpc) is 2.42. The Hall–Kier alpha value is -1.63. The van der Waals surface area contributed by atoms with E-state index in [0.717, 1.165) is 17.7 Å². The second-order valence-electron chi connectivity index (χ2n) is 4.51. The van der Waals surface area contributed by atoms with Gasteiger partial charge in [0.15, 0.2) is 0 Å². The minimum Gasteiger partial charge on any atom is -0.392 e. The first kappa shape index (κ1) is 15.8. The summed E-state index contributed by atoms with van der Waals surface area (Å²) in [6, 6.07) is 8.27. The van der Waals surface area contributed by atoms with Gasteiger partial charge in [0.25, 0.3) is 10.0 Å². The lowest BCUT2D eigenvalue weighted by molar-refractivity contribution is 0.281. The van der Waals surface area contributed by atoms with Crippen molar-refractivity contribution in [2.45, 2.75) is 18.4 Å². The van der Waals surface area contributed by atoms with Crippen molar-refractivity contribution in [2.75, 3.05) is 4.72 Å². The van der Waals surface area contributed by atoms with E-state index in [2.05, 4.69) is 4.72 Å². The maximum absolute atomic E-state index is 13.9. The lowest BCUT2D eigenvalue weighted by Gasteiger charge is -2.11. The summed E-state index contributed by atoms with van der Waals surface area (Å²) in [4.78, 5) is -0.503. The van der Waals surface area contributed by atoms with Crippen LogP contribution in [0.25, 0.3) is 0 Å². The molecule has 0 saturated carbocycles. The summed E-state index contributed by atoms with van der Waals surface area (Å²) in [5, 5.41) is 9.13. The molecule has 0 aliphatic carbocycles. The maximum atomic E-state index is 13.9. The molecule has 0 radical (unpaired) electrons. The summed E-state index contributed by atoms with van der Waals surface area (Å²) in [6.07, 6.45) is 0. The van der Waals surface area contributed by atoms with Crippen LogP contribution in [-0.2, 0) is 16.6 Å². The number of anilines is 1. The molecule has 4 nitrogen and oxygen atoms in total. The molecule has 0 atom stereocenters. The molecule has 2 N–H and O–H groups in total. The topological polar surface area (TPSA) is 66.4 Å². The van der Waals surface area contributed by atoms with E-state index in [1.807, 2.05) is 0 Å². The molecule has 0 fully saturated rings. The minimum absolute atomic E-state index is 0.183. The Morgan fingerprint density at radius 2 is 1.95 bits per heavy atom. The monoisotopic (exact) mass is 329 g/mol. The van der Waals surface area contributed by atoms with Crippen LogP contribution in [-0.4, -0.2) is 13.5 Å². The molecule has 2 rings (SSSR count). The molecule has 0 heterocycles. The van der Waals surface area contributed by atoms with Crippen LogP contribution in [0.4, 0.5) is 10.1 Å². The van der Waals surface area contributed by atoms with E-state index in [0.29, 0.717) is 5.56 Å². The number of hydrogen-bond acceptors (Lipinski definition) is 3. The highest BCUT2D eigenvalue weighted by Gasteiger charge is 2.20. The first-order valence-electron chi connectivity index (χ1n) is 6.02. The predicted molar refractivity (Wildman–Crippen MR) is 79.3 cm³/mol. The fourth-order valence-electron chi connectivity index (χ4n) is 1.78. The average molecular weight is 330 g/mol. The zero-order chi connectivity index (χ0) is 15.6. The smallest absolute Gasteiger partial charge is 0.264 e. The van der Waals surface area contributed by atoms with Gasteiger partial charge in [-0.25, -0.2) is 12.8 Å². The van der Waals surface area contributed by atoms with Gasteiger partial charge in [-0.2, -0.15) is 0 Å². The highest BCUT2D eigenvalue weighted by atomic mass is 35.5. The van der Waals surface area contributed by atoms with Crippen molar-refractivity contribution in [3.8, 4) is 0 Å². The minimum atomic E-state index is -4.10. The summed E-state index contributed by atoms with van der Waals surface area (Å²) < 4.78 is 40.5. The van der Waals surface area contributed by atoms with Crippen LogP contribution in [0.5, 0.6) is 0 Å². The van der Waals surface area contributed by atoms with Gasteiger partial charge in [0.2, 0.25) is 0 Å². The normalized spacial score (nSPS) is 11.4. The molecule has 0 spiro atoms. The second kappa shape index (κ2) is 6.01. The molecule has 0 aliphatic rings. The van der Waals surface area contributed by atoms with E-state index < -0.39 is 20.7 Å². The Labute approximate surface area is 127 Å². The molecular formula is C14H13ClFNO3S. The molecule has 2 aromatic rings. The zero-order valence-corrected chi connectivity index (χ0v) is 12.7. The van der Waals surface area contributed by atoms with E-state index in [1.54, 1.807) is 25.1 Å². The number of aryl methyl sites for hydroxylation is 1. The number of sulfonamides is 1. The van der Waals surface area contributed by atoms with E-state index in [-0.39, 0.29) is 17.3 Å². The zero-order valence-electron chi connectivity index (χ0n) is 11.1. The summed E-state index contributed by atoms with van der Waals surface area (Å²) in [6.45, 7) is 1.42. The van der Waals surface area contributed by atoms with Gasteiger partial charge in [0.05, 0.1) is 17.3 Å². The number of rotatable bonds is 4. The Balaban J connectivity index is 2.41. The number of nitrogens with one attached hydrogen (secondary N) is 1. The van der Waals surface area contributed by atoms with Crippen LogP contribution >= 0.6 is 11.6 Å². The third-order valence-electron chi connectivity index (χ3n) is 2.83. The van der Waals surface area contributed by atoms with Crippen LogP contribution in [0.2, 0.25) is 5.02 Å². The molecule has 0 unspecified atom stereocenters. The van der Waals surface area contributed by atoms with Gasteiger partial charge in [-0.05, 0) is 42.3 Å². The number of aliphatic hydroxyl groups excluding tert-OH is 1. The fourth-order valence-corrected chi connectivity index (χ4v) is 3.13. The van der Waals surface area contributed by atoms with E-state index in [1.165, 1.54) is 6.07 Å². The third-order valence-corrected chi connectivity index (χ3v) is 4.56. The third kappa shape index (κ3) is 3.53. The van der Waals surface area contributed by atoms with Gasteiger partial charge in [-0.3, -0.25) is 4.72 Å². The predicted octanol–water partition coefficient (Wildman–Crippen LogP) is 3.08. The van der Waals surface area contributed by atoms with Gasteiger partial charge in [0.1, 0.15) is 10.7 Å². The largest absolute Gasteiger partial charge is 0.392 e. The van der Waals surface area contributed by atoms with E-state index in [4.69, 9.17) is 16.7 Å². The molecule has 0 amide bonds. The fraction of sp³-hybridized carbons (Fsp3) is 0.143. The number of hydrogen-bond donors (Lipinski definition) is 2. The van der Waals surface area contributed by atoms with Crippen LogP contribution in [0, 0.1) is 12.7 Å². The first-order valence-corrected chi connectivity index (χ1v) is 7.88. The Bertz CT molecular complexity index is 778. The molecule has 0 bridgehead atoms. The van der Waals surface area contributed by atoms with Gasteiger partial charge in [0, 0.05) is 0 Å². The first-order chi connectivity index (χ1) is 9.83. The standard InChI is InChI=1S/C14H13ClFNO3S/c1-9-2-4-11(15)13(6-9)17-21(19,20)14-5-3-10(8-18)7-12(14)16/h2-7,17-18H,8H2,1H3. The van der Waals surface area contributed by atoms with Crippen molar-refractivity contribution in [3.63, 3.8) is 0 Å². The quantitative estimate of drug-likeness (QED) is 0.906. The lowest BCUT2D eigenvalue weighted by Crippen LogP contribution is -2.15. The molecule has 2 aromatic carbocycles. The van der Waals surface area contributed by atoms with Crippen molar-refractivity contribution in [1.82, 2.24) is 0 Å². The SMILES string of the molecule is Cc1ccc(Cl)c(NS(=O)(=O)c2ccc(CO)cc2F)c1. The summed E-state index contributed by atoms with van der Waals surface area (Å²) in [5.74, 6) is -0.933. The molecule has 0 aromatic heterocycles. The maximum Gasteiger partial charge on any atom is 0.264 e. The number of aliphatic hydroxyl groups is 1. The van der Waals surface area contributed by atoms with Crippen molar-refractivity contribution in [3.05, 3.63) is 58.4 Å². The number of benzene rings is 2. The van der Waals surface area contributed by atoms with Crippen LogP contribution < -0.4 is 4.72 Å². The Morgan fingerprint density at radius 1 is 1.24 bits per heavy atom. The highest BCUT2D eigenvalue weighted by molar-refractivity contribution is 7.92. The molecule has 0 aliphatic heterocycles. The summed E-state index contributed by atoms with van der Waals surface area (Å²) in [7, 11) is -4.10. The van der Waals surface area contributed by atoms with Crippen molar-refractivity contribution >= 4 is 27.3 Å². The molecule has 21 heavy (non-hydrogen) atoms. The Morgan fingerprint density at radius 3 is 2.57 bits per heavy atom. The summed E-state index contributed by atoms with van der Waals surface area (Å²) in [5.41, 5.74) is 1.29. The lowest BCUT2D eigenvalue weighted by atomic mass is 10.2. The van der Waals surface area contributed by atoms with Crippen LogP contribution in [0.3, 0.4) is 0 Å². The molecule has 7 heteroatoms. The molecular weight excluding hydrogens is 317 g/mol. The molecule has 112 valence electrons. The molecule has 0 saturated heterocycles. The Kier molecular flexibility index (Phi) is 4.51. The summed E-state index contributed by atoms with van der Waals surface area (Å²) >= 11 is 5.92. The second-order valence-corrected chi connectivity index (χ2v) is 6.57. The van der Waals surface area contributed by atoms with E-state index in [9.17, 15) is 12.8 Å². The van der Waals surface area contributed by atoms with Gasteiger partial charge in [-0.15, -0.1) is 0 Å². The van der Waals surface area contributed by atoms with Crippen LogP contribution in [0.1, 0.15) is 11.1 Å². The number of halogens is 2. The van der Waals surface area contributed by atoms with Crippen LogP contribution in [0.15, 0.2) is 41.3 Å².